The Morgan fingerprint density at radius 1 is 1.04 bits per heavy atom. The number of esters is 1. The van der Waals surface area contributed by atoms with Crippen molar-refractivity contribution in [3.05, 3.63) is 11.6 Å². The molecule has 4 aliphatic carbocycles. The fourth-order valence-corrected chi connectivity index (χ4v) is 8.20. The van der Waals surface area contributed by atoms with E-state index in [-0.39, 0.29) is 34.2 Å². The van der Waals surface area contributed by atoms with Crippen LogP contribution in [-0.4, -0.2) is 29.6 Å². The van der Waals surface area contributed by atoms with Gasteiger partial charge in [0.05, 0.1) is 6.10 Å². The summed E-state index contributed by atoms with van der Waals surface area (Å²) in [6, 6.07) is 0. The van der Waals surface area contributed by atoms with Gasteiger partial charge in [0.15, 0.2) is 0 Å². The molecule has 2 bridgehead atoms. The molecule has 5 aliphatic rings. The molecule has 4 fully saturated rings. The van der Waals surface area contributed by atoms with Crippen LogP contribution in [0.4, 0.5) is 0 Å². The van der Waals surface area contributed by atoms with Crippen LogP contribution in [0.1, 0.15) is 71.6 Å². The first-order chi connectivity index (χ1) is 12.8. The van der Waals surface area contributed by atoms with Gasteiger partial charge in [-0.2, -0.15) is 0 Å². The van der Waals surface area contributed by atoms with Gasteiger partial charge in [-0.25, -0.2) is 4.79 Å². The molecule has 4 nitrogen and oxygen atoms in total. The Bertz CT molecular complexity index is 726. The minimum absolute atomic E-state index is 0.149. The molecule has 1 aliphatic heterocycles. The van der Waals surface area contributed by atoms with Crippen molar-refractivity contribution in [2.24, 2.45) is 34.0 Å². The van der Waals surface area contributed by atoms with Gasteiger partial charge < -0.3 is 9.84 Å². The summed E-state index contributed by atoms with van der Waals surface area (Å²) in [6.45, 7) is 4.96. The number of Topliss-reactive ketones (excluding diaryl/α,β-unsaturated/α-hetero) is 1. The standard InChI is InChI=1S/C23H32O4/c1-21-7-4-16(24)12-15(21)3-9-23-10-5-17(14-11-19(25)27-13-14)22(2,20(23)26)8-6-18(21)23/h11,15-18,24H,3-10,12-13H2,1-2H3/t15-,16+,17-,18-,21+,22-,23+/m1/s1. The lowest BCUT2D eigenvalue weighted by molar-refractivity contribution is -0.188. The van der Waals surface area contributed by atoms with Crippen molar-refractivity contribution in [2.45, 2.75) is 77.7 Å². The minimum Gasteiger partial charge on any atom is -0.458 e. The molecule has 27 heavy (non-hydrogen) atoms. The first kappa shape index (κ1) is 17.9. The van der Waals surface area contributed by atoms with E-state index in [1.54, 1.807) is 6.08 Å². The summed E-state index contributed by atoms with van der Waals surface area (Å²) in [5, 5.41) is 10.2. The SMILES string of the molecule is C[C@]12CC[C@H](O)C[C@H]1CC[C@]13CC[C@H](C4=CC(=O)OC4)[C@@](C)(CC[C@@H]12)C3=O. The van der Waals surface area contributed by atoms with Crippen LogP contribution in [0.25, 0.3) is 0 Å². The third-order valence-corrected chi connectivity index (χ3v) is 9.61. The van der Waals surface area contributed by atoms with E-state index in [1.807, 2.05) is 0 Å². The number of ether oxygens (including phenoxy) is 1. The molecule has 0 radical (unpaired) electrons. The lowest BCUT2D eigenvalue weighted by Crippen LogP contribution is -2.64. The maximum absolute atomic E-state index is 14.0. The van der Waals surface area contributed by atoms with E-state index in [2.05, 4.69) is 13.8 Å². The summed E-state index contributed by atoms with van der Waals surface area (Å²) >= 11 is 0. The topological polar surface area (TPSA) is 63.6 Å². The van der Waals surface area contributed by atoms with Crippen molar-refractivity contribution >= 4 is 11.8 Å². The maximum Gasteiger partial charge on any atom is 0.331 e. The summed E-state index contributed by atoms with van der Waals surface area (Å²) < 4.78 is 5.17. The average molecular weight is 373 g/mol. The van der Waals surface area contributed by atoms with Crippen LogP contribution in [-0.2, 0) is 14.3 Å². The van der Waals surface area contributed by atoms with E-state index in [4.69, 9.17) is 4.74 Å². The van der Waals surface area contributed by atoms with Gasteiger partial charge in [-0.05, 0) is 86.5 Å². The third kappa shape index (κ3) is 2.25. The third-order valence-electron chi connectivity index (χ3n) is 9.61. The van der Waals surface area contributed by atoms with E-state index < -0.39 is 0 Å². The molecule has 0 unspecified atom stereocenters. The van der Waals surface area contributed by atoms with E-state index in [0.717, 1.165) is 63.4 Å². The van der Waals surface area contributed by atoms with Gasteiger partial charge in [0.25, 0.3) is 0 Å². The van der Waals surface area contributed by atoms with Gasteiger partial charge in [-0.3, -0.25) is 4.79 Å². The molecule has 4 heteroatoms. The molecule has 1 N–H and O–H groups in total. The van der Waals surface area contributed by atoms with Crippen molar-refractivity contribution in [1.82, 2.24) is 0 Å². The van der Waals surface area contributed by atoms with Crippen LogP contribution in [0.2, 0.25) is 0 Å². The predicted octanol–water partition coefficient (Wildman–Crippen LogP) is 3.81. The number of carbonyl (C=O) groups excluding carboxylic acids is 2. The van der Waals surface area contributed by atoms with Crippen molar-refractivity contribution in [1.29, 1.82) is 0 Å². The van der Waals surface area contributed by atoms with Crippen LogP contribution >= 0.6 is 0 Å². The summed E-state index contributed by atoms with van der Waals surface area (Å²) in [5.74, 6) is 1.43. The van der Waals surface area contributed by atoms with Crippen LogP contribution in [0.3, 0.4) is 0 Å². The van der Waals surface area contributed by atoms with Crippen molar-refractivity contribution in [3.63, 3.8) is 0 Å². The highest BCUT2D eigenvalue weighted by Crippen LogP contribution is 2.70. The van der Waals surface area contributed by atoms with Gasteiger partial charge in [0.2, 0.25) is 0 Å². The Balaban J connectivity index is 1.50. The molecule has 1 heterocycles. The highest BCUT2D eigenvalue weighted by atomic mass is 16.5. The molecular formula is C23H32O4. The first-order valence-corrected chi connectivity index (χ1v) is 10.9. The highest BCUT2D eigenvalue weighted by molar-refractivity contribution is 5.93. The molecule has 7 atom stereocenters. The number of aliphatic hydroxyl groups is 1. The number of carbonyl (C=O) groups is 2. The molecule has 0 aromatic rings. The number of aliphatic hydroxyl groups excluding tert-OH is 1. The summed E-state index contributed by atoms with van der Waals surface area (Å²) in [7, 11) is 0. The van der Waals surface area contributed by atoms with Crippen LogP contribution < -0.4 is 0 Å². The monoisotopic (exact) mass is 372 g/mol. The van der Waals surface area contributed by atoms with Gasteiger partial charge >= 0.3 is 5.97 Å². The summed E-state index contributed by atoms with van der Waals surface area (Å²) in [5.41, 5.74) is 0.741. The molecule has 1 spiro atoms. The quantitative estimate of drug-likeness (QED) is 0.711. The number of hydrogen-bond donors (Lipinski definition) is 1. The Morgan fingerprint density at radius 3 is 2.56 bits per heavy atom. The smallest absolute Gasteiger partial charge is 0.331 e. The zero-order valence-electron chi connectivity index (χ0n) is 16.6. The fraction of sp³-hybridized carbons (Fsp3) is 0.826. The van der Waals surface area contributed by atoms with Gasteiger partial charge in [-0.1, -0.05) is 13.8 Å². The van der Waals surface area contributed by atoms with E-state index in [0.29, 0.717) is 24.2 Å². The van der Waals surface area contributed by atoms with E-state index in [1.165, 1.54) is 0 Å². The Hall–Kier alpha value is -1.16. The lowest BCUT2D eigenvalue weighted by Gasteiger charge is -2.66. The van der Waals surface area contributed by atoms with Crippen LogP contribution in [0, 0.1) is 34.0 Å². The lowest BCUT2D eigenvalue weighted by atomic mass is 9.37. The number of fused-ring (bicyclic) bond motifs is 3. The normalized spacial score (nSPS) is 51.9. The molecule has 0 amide bonds. The van der Waals surface area contributed by atoms with Gasteiger partial charge in [0, 0.05) is 16.9 Å². The molecule has 5 rings (SSSR count). The van der Waals surface area contributed by atoms with E-state index in [9.17, 15) is 14.7 Å². The van der Waals surface area contributed by atoms with Gasteiger partial charge in [-0.15, -0.1) is 0 Å². The Kier molecular flexibility index (Phi) is 3.77. The number of ketones is 1. The molecule has 0 aromatic heterocycles. The molecule has 148 valence electrons. The first-order valence-electron chi connectivity index (χ1n) is 10.9. The zero-order valence-corrected chi connectivity index (χ0v) is 16.6. The summed E-state index contributed by atoms with van der Waals surface area (Å²) in [4.78, 5) is 25.6. The zero-order chi connectivity index (χ0) is 19.0. The van der Waals surface area contributed by atoms with Crippen LogP contribution in [0.15, 0.2) is 11.6 Å². The number of rotatable bonds is 1. The highest BCUT2D eigenvalue weighted by Gasteiger charge is 2.67. The van der Waals surface area contributed by atoms with Crippen LogP contribution in [0.5, 0.6) is 0 Å². The van der Waals surface area contributed by atoms with Crippen molar-refractivity contribution in [2.75, 3.05) is 6.61 Å². The van der Waals surface area contributed by atoms with Crippen molar-refractivity contribution in [3.8, 4) is 0 Å². The second kappa shape index (κ2) is 5.68. The van der Waals surface area contributed by atoms with E-state index >= 15 is 0 Å². The van der Waals surface area contributed by atoms with Gasteiger partial charge in [0.1, 0.15) is 12.4 Å². The second-order valence-electron chi connectivity index (χ2n) is 10.6. The molecule has 4 saturated carbocycles. The minimum atomic E-state index is -0.341. The molecular weight excluding hydrogens is 340 g/mol. The average Bonchev–Trinajstić information content (AvgIpc) is 3.04. The number of cyclic esters (lactones) is 1. The van der Waals surface area contributed by atoms with Crippen molar-refractivity contribution < 1.29 is 19.4 Å². The largest absolute Gasteiger partial charge is 0.458 e. The molecule has 0 saturated heterocycles. The molecule has 0 aromatic carbocycles. The maximum atomic E-state index is 14.0. The fourth-order valence-electron chi connectivity index (χ4n) is 8.20. The Morgan fingerprint density at radius 2 is 1.81 bits per heavy atom. The Labute approximate surface area is 161 Å². The predicted molar refractivity (Wildman–Crippen MR) is 101 cm³/mol. The summed E-state index contributed by atoms with van der Waals surface area (Å²) in [6.07, 6.45) is 10.5. The number of hydrogen-bond acceptors (Lipinski definition) is 4. The second-order valence-corrected chi connectivity index (χ2v) is 10.6.